The molecule has 0 bridgehead atoms. The third kappa shape index (κ3) is 7.54. The SMILES string of the molecule is CCCCCCCCCCC(C(=O)O)[P+](c1ccc(OC)cc1)(c1ccc(OC)cc1)c1ccc(OC)cc1. The average Bonchev–Trinajstić information content (AvgIpc) is 2.98. The number of carboxylic acids is 1. The molecule has 1 N–H and O–H groups in total. The quantitative estimate of drug-likeness (QED) is 0.145. The number of unbranched alkanes of at least 4 members (excludes halogenated alkanes) is 7. The molecule has 3 aromatic carbocycles. The first-order valence-electron chi connectivity index (χ1n) is 14.1. The van der Waals surface area contributed by atoms with Crippen molar-refractivity contribution in [3.8, 4) is 17.2 Å². The number of hydrogen-bond acceptors (Lipinski definition) is 4. The maximum atomic E-state index is 13.2. The first-order chi connectivity index (χ1) is 19.0. The van der Waals surface area contributed by atoms with Crippen LogP contribution in [0.4, 0.5) is 0 Å². The van der Waals surface area contributed by atoms with Gasteiger partial charge in [0.2, 0.25) is 0 Å². The number of carboxylic acid groups (broad SMARTS) is 1. The number of ether oxygens (including phenoxy) is 3. The Balaban J connectivity index is 2.10. The highest BCUT2D eigenvalue weighted by atomic mass is 31.2. The minimum absolute atomic E-state index is 0.576. The average molecular weight is 552 g/mol. The van der Waals surface area contributed by atoms with E-state index in [0.717, 1.165) is 52.4 Å². The zero-order chi connectivity index (χ0) is 28.1. The second-order valence-corrected chi connectivity index (χ2v) is 13.6. The predicted octanol–water partition coefficient (Wildman–Crippen LogP) is 6.99. The third-order valence-electron chi connectivity index (χ3n) is 7.52. The lowest BCUT2D eigenvalue weighted by molar-refractivity contribution is -0.136. The Bertz CT molecular complexity index is 1010. The van der Waals surface area contributed by atoms with Gasteiger partial charge in [-0.25, -0.2) is 4.79 Å². The molecule has 0 heterocycles. The number of hydrogen-bond donors (Lipinski definition) is 1. The number of carbonyl (C=O) groups is 1. The molecular formula is C33H44O5P+. The van der Waals surface area contributed by atoms with Crippen LogP contribution in [0.2, 0.25) is 0 Å². The Morgan fingerprint density at radius 1 is 0.615 bits per heavy atom. The summed E-state index contributed by atoms with van der Waals surface area (Å²) in [5.41, 5.74) is -0.576. The van der Waals surface area contributed by atoms with Gasteiger partial charge in [-0.3, -0.25) is 0 Å². The van der Waals surface area contributed by atoms with Crippen molar-refractivity contribution in [1.82, 2.24) is 0 Å². The van der Waals surface area contributed by atoms with Gasteiger partial charge in [0.1, 0.15) is 40.4 Å². The van der Waals surface area contributed by atoms with E-state index in [0.29, 0.717) is 6.42 Å². The van der Waals surface area contributed by atoms with Gasteiger partial charge < -0.3 is 19.3 Å². The van der Waals surface area contributed by atoms with Crippen LogP contribution in [0.15, 0.2) is 72.8 Å². The molecule has 1 atom stereocenters. The Hall–Kier alpha value is -3.04. The number of aliphatic carboxylic acids is 1. The summed E-state index contributed by atoms with van der Waals surface area (Å²) in [7, 11) is 2.29. The van der Waals surface area contributed by atoms with Gasteiger partial charge in [-0.1, -0.05) is 51.9 Å². The van der Waals surface area contributed by atoms with Crippen LogP contribution in [-0.2, 0) is 4.79 Å². The van der Waals surface area contributed by atoms with Gasteiger partial charge >= 0.3 is 5.97 Å². The number of methoxy groups -OCH3 is 3. The van der Waals surface area contributed by atoms with Crippen molar-refractivity contribution >= 4 is 29.1 Å². The lowest BCUT2D eigenvalue weighted by Crippen LogP contribution is -2.42. The summed E-state index contributed by atoms with van der Waals surface area (Å²) in [6.07, 6.45) is 9.99. The molecule has 0 aliphatic rings. The van der Waals surface area contributed by atoms with E-state index >= 15 is 0 Å². The van der Waals surface area contributed by atoms with E-state index in [-0.39, 0.29) is 0 Å². The fraction of sp³-hybridized carbons (Fsp3) is 0.424. The summed E-state index contributed by atoms with van der Waals surface area (Å²) < 4.78 is 16.4. The van der Waals surface area contributed by atoms with Crippen molar-refractivity contribution in [3.63, 3.8) is 0 Å². The van der Waals surface area contributed by atoms with Crippen LogP contribution in [0.1, 0.15) is 64.7 Å². The summed E-state index contributed by atoms with van der Waals surface area (Å²) in [5, 5.41) is 13.9. The second kappa shape index (κ2) is 15.5. The van der Waals surface area contributed by atoms with E-state index in [9.17, 15) is 9.90 Å². The van der Waals surface area contributed by atoms with Gasteiger partial charge in [-0.05, 0) is 85.6 Å². The molecule has 0 radical (unpaired) electrons. The highest BCUT2D eigenvalue weighted by Gasteiger charge is 2.55. The summed E-state index contributed by atoms with van der Waals surface area (Å²) in [4.78, 5) is 13.2. The van der Waals surface area contributed by atoms with E-state index in [1.807, 2.05) is 72.8 Å². The molecule has 0 aliphatic carbocycles. The van der Waals surface area contributed by atoms with Crippen molar-refractivity contribution in [2.45, 2.75) is 70.4 Å². The molecule has 0 aliphatic heterocycles. The highest BCUT2D eigenvalue weighted by Crippen LogP contribution is 2.61. The molecular weight excluding hydrogens is 507 g/mol. The summed E-state index contributed by atoms with van der Waals surface area (Å²) in [6.45, 7) is 2.23. The molecule has 5 nitrogen and oxygen atoms in total. The molecule has 0 amide bonds. The largest absolute Gasteiger partial charge is 0.497 e. The minimum atomic E-state index is -2.65. The topological polar surface area (TPSA) is 65.0 Å². The Kier molecular flexibility index (Phi) is 12.1. The van der Waals surface area contributed by atoms with Crippen LogP contribution in [0.3, 0.4) is 0 Å². The molecule has 0 saturated heterocycles. The Morgan fingerprint density at radius 2 is 0.949 bits per heavy atom. The Morgan fingerprint density at radius 3 is 1.26 bits per heavy atom. The standard InChI is InChI=1S/C33H43O5P/c1-5-6-7-8-9-10-11-12-13-32(33(34)35)39(29-20-14-26(36-2)15-21-29,30-22-16-27(37-3)17-23-30)31-24-18-28(38-4)19-25-31/h14-25,32H,5-13H2,1-4H3/p+1. The number of benzene rings is 3. The van der Waals surface area contributed by atoms with E-state index in [1.54, 1.807) is 21.3 Å². The molecule has 0 saturated carbocycles. The van der Waals surface area contributed by atoms with Crippen LogP contribution in [0.5, 0.6) is 17.2 Å². The van der Waals surface area contributed by atoms with E-state index in [1.165, 1.54) is 32.1 Å². The van der Waals surface area contributed by atoms with Crippen LogP contribution in [-0.4, -0.2) is 38.1 Å². The van der Waals surface area contributed by atoms with Gasteiger partial charge in [0.05, 0.1) is 21.3 Å². The normalized spacial score (nSPS) is 12.1. The van der Waals surface area contributed by atoms with Gasteiger partial charge in [-0.15, -0.1) is 0 Å². The summed E-state index contributed by atoms with van der Waals surface area (Å²) in [6, 6.07) is 23.9. The van der Waals surface area contributed by atoms with Crippen molar-refractivity contribution < 1.29 is 24.1 Å². The Labute approximate surface area is 234 Å². The molecule has 6 heteroatoms. The smallest absolute Gasteiger partial charge is 0.345 e. The molecule has 0 spiro atoms. The maximum absolute atomic E-state index is 13.2. The molecule has 3 rings (SSSR count). The summed E-state index contributed by atoms with van der Waals surface area (Å²) >= 11 is 0. The van der Waals surface area contributed by atoms with E-state index in [2.05, 4.69) is 6.92 Å². The third-order valence-corrected chi connectivity index (χ3v) is 12.3. The zero-order valence-corrected chi connectivity index (χ0v) is 24.8. The van der Waals surface area contributed by atoms with Crippen molar-refractivity contribution in [1.29, 1.82) is 0 Å². The molecule has 0 fully saturated rings. The van der Waals surface area contributed by atoms with Crippen LogP contribution >= 0.6 is 7.26 Å². The van der Waals surface area contributed by atoms with E-state index < -0.39 is 18.9 Å². The minimum Gasteiger partial charge on any atom is -0.497 e. The predicted molar refractivity (Wildman–Crippen MR) is 163 cm³/mol. The van der Waals surface area contributed by atoms with Gasteiger partial charge in [0, 0.05) is 0 Å². The number of rotatable bonds is 17. The highest BCUT2D eigenvalue weighted by molar-refractivity contribution is 7.96. The van der Waals surface area contributed by atoms with Gasteiger partial charge in [0.15, 0.2) is 5.66 Å². The molecule has 0 aromatic heterocycles. The second-order valence-electron chi connectivity index (χ2n) is 9.93. The van der Waals surface area contributed by atoms with E-state index in [4.69, 9.17) is 14.2 Å². The van der Waals surface area contributed by atoms with Crippen LogP contribution in [0, 0.1) is 0 Å². The van der Waals surface area contributed by atoms with Crippen molar-refractivity contribution in [2.75, 3.05) is 21.3 Å². The van der Waals surface area contributed by atoms with Crippen molar-refractivity contribution in [3.05, 3.63) is 72.8 Å². The zero-order valence-electron chi connectivity index (χ0n) is 23.9. The maximum Gasteiger partial charge on any atom is 0.345 e. The molecule has 1 unspecified atom stereocenters. The van der Waals surface area contributed by atoms with Gasteiger partial charge in [0.25, 0.3) is 0 Å². The molecule has 210 valence electrons. The lowest BCUT2D eigenvalue weighted by atomic mass is 10.1. The summed E-state index contributed by atoms with van der Waals surface area (Å²) in [5.74, 6) is 1.48. The molecule has 39 heavy (non-hydrogen) atoms. The van der Waals surface area contributed by atoms with Crippen molar-refractivity contribution in [2.24, 2.45) is 0 Å². The fourth-order valence-corrected chi connectivity index (χ4v) is 10.1. The fourth-order valence-electron chi connectivity index (χ4n) is 5.39. The lowest BCUT2D eigenvalue weighted by Gasteiger charge is -2.33. The van der Waals surface area contributed by atoms with Gasteiger partial charge in [-0.2, -0.15) is 0 Å². The van der Waals surface area contributed by atoms with Crippen LogP contribution < -0.4 is 30.1 Å². The molecule has 3 aromatic rings. The monoisotopic (exact) mass is 551 g/mol. The first-order valence-corrected chi connectivity index (χ1v) is 15.9. The van der Waals surface area contributed by atoms with Crippen LogP contribution in [0.25, 0.3) is 0 Å². The first kappa shape index (κ1) is 30.5.